The number of rotatable bonds is 6. The smallest absolute Gasteiger partial charge is 0.119 e. The molecule has 0 heterocycles. The molecule has 1 aromatic rings. The second-order valence-corrected chi connectivity index (χ2v) is 5.36. The average molecular weight is 233 g/mol. The van der Waals surface area contributed by atoms with Crippen molar-refractivity contribution < 1.29 is 4.74 Å². The zero-order valence-electron chi connectivity index (χ0n) is 11.1. The predicted octanol–water partition coefficient (Wildman–Crippen LogP) is 3.16. The van der Waals surface area contributed by atoms with Gasteiger partial charge in [-0.05, 0) is 57.7 Å². The van der Waals surface area contributed by atoms with Gasteiger partial charge in [0.25, 0.3) is 0 Å². The van der Waals surface area contributed by atoms with E-state index in [9.17, 15) is 0 Å². The molecule has 0 amide bonds. The van der Waals surface area contributed by atoms with Gasteiger partial charge in [-0.25, -0.2) is 0 Å². The summed E-state index contributed by atoms with van der Waals surface area (Å²) in [7, 11) is 0. The van der Waals surface area contributed by atoms with E-state index in [2.05, 4.69) is 50.4 Å². The Hall–Kier alpha value is -1.02. The fourth-order valence-corrected chi connectivity index (χ4v) is 2.04. The molecule has 17 heavy (non-hydrogen) atoms. The maximum absolute atomic E-state index is 5.63. The van der Waals surface area contributed by atoms with Gasteiger partial charge in [-0.15, -0.1) is 0 Å². The van der Waals surface area contributed by atoms with E-state index in [1.807, 2.05) is 0 Å². The number of benzene rings is 1. The molecule has 0 aromatic heterocycles. The Kier molecular flexibility index (Phi) is 4.06. The Balaban J connectivity index is 1.83. The predicted molar refractivity (Wildman–Crippen MR) is 71.5 cm³/mol. The van der Waals surface area contributed by atoms with Gasteiger partial charge in [0.05, 0.1) is 6.10 Å². The molecule has 1 N–H and O–H groups in total. The van der Waals surface area contributed by atoms with Crippen LogP contribution in [0.1, 0.15) is 39.2 Å². The van der Waals surface area contributed by atoms with E-state index < -0.39 is 0 Å². The van der Waals surface area contributed by atoms with E-state index in [1.54, 1.807) is 0 Å². The van der Waals surface area contributed by atoms with E-state index in [-0.39, 0.29) is 6.10 Å². The topological polar surface area (TPSA) is 21.3 Å². The van der Waals surface area contributed by atoms with Crippen LogP contribution in [-0.2, 0) is 6.42 Å². The summed E-state index contributed by atoms with van der Waals surface area (Å²) in [5.41, 5.74) is 1.38. The van der Waals surface area contributed by atoms with Crippen LogP contribution in [0.4, 0.5) is 0 Å². The molecule has 0 aliphatic heterocycles. The summed E-state index contributed by atoms with van der Waals surface area (Å²) in [4.78, 5) is 0. The minimum absolute atomic E-state index is 0.247. The largest absolute Gasteiger partial charge is 0.491 e. The molecule has 1 aliphatic carbocycles. The van der Waals surface area contributed by atoms with Crippen LogP contribution >= 0.6 is 0 Å². The first-order valence-corrected chi connectivity index (χ1v) is 6.65. The molecular formula is C15H23NO. The van der Waals surface area contributed by atoms with Crippen molar-refractivity contribution in [2.45, 2.75) is 58.2 Å². The van der Waals surface area contributed by atoms with E-state index in [0.717, 1.165) is 18.2 Å². The van der Waals surface area contributed by atoms with Crippen LogP contribution in [-0.4, -0.2) is 18.2 Å². The summed E-state index contributed by atoms with van der Waals surface area (Å²) in [5, 5.41) is 3.62. The highest BCUT2D eigenvalue weighted by atomic mass is 16.5. The quantitative estimate of drug-likeness (QED) is 0.815. The van der Waals surface area contributed by atoms with Crippen LogP contribution in [0.25, 0.3) is 0 Å². The van der Waals surface area contributed by atoms with Crippen LogP contribution < -0.4 is 10.1 Å². The summed E-state index contributed by atoms with van der Waals surface area (Å²) in [6.45, 7) is 6.36. The Morgan fingerprint density at radius 3 is 2.35 bits per heavy atom. The highest BCUT2D eigenvalue weighted by molar-refractivity contribution is 5.27. The standard InChI is InChI=1S/C15H23NO/c1-11(2)17-15-8-4-13(5-9-15)10-12(3)16-14-6-7-14/h4-5,8-9,11-12,14,16H,6-7,10H2,1-3H3. The van der Waals surface area contributed by atoms with Gasteiger partial charge in [-0.1, -0.05) is 12.1 Å². The molecule has 0 saturated heterocycles. The molecular weight excluding hydrogens is 210 g/mol. The fraction of sp³-hybridized carbons (Fsp3) is 0.600. The zero-order valence-corrected chi connectivity index (χ0v) is 11.1. The Bertz CT molecular complexity index is 340. The summed E-state index contributed by atoms with van der Waals surface area (Å²) in [6, 6.07) is 9.83. The number of nitrogens with one attached hydrogen (secondary N) is 1. The molecule has 0 radical (unpaired) electrons. The Morgan fingerprint density at radius 2 is 1.82 bits per heavy atom. The van der Waals surface area contributed by atoms with Crippen LogP contribution in [0, 0.1) is 0 Å². The van der Waals surface area contributed by atoms with Crippen molar-refractivity contribution in [2.24, 2.45) is 0 Å². The molecule has 1 aliphatic rings. The third kappa shape index (κ3) is 4.39. The van der Waals surface area contributed by atoms with Crippen LogP contribution in [0.2, 0.25) is 0 Å². The summed E-state index contributed by atoms with van der Waals surface area (Å²) in [5.74, 6) is 0.964. The van der Waals surface area contributed by atoms with Gasteiger partial charge in [-0.2, -0.15) is 0 Å². The third-order valence-electron chi connectivity index (χ3n) is 2.93. The van der Waals surface area contributed by atoms with Gasteiger partial charge < -0.3 is 10.1 Å². The Morgan fingerprint density at radius 1 is 1.18 bits per heavy atom. The van der Waals surface area contributed by atoms with Crippen molar-refractivity contribution >= 4 is 0 Å². The zero-order chi connectivity index (χ0) is 12.3. The van der Waals surface area contributed by atoms with Gasteiger partial charge in [0.1, 0.15) is 5.75 Å². The SMILES string of the molecule is CC(Cc1ccc(OC(C)C)cc1)NC1CC1. The first kappa shape index (κ1) is 12.4. The summed E-state index contributed by atoms with van der Waals surface area (Å²) in [6.07, 6.45) is 4.05. The van der Waals surface area contributed by atoms with Gasteiger partial charge >= 0.3 is 0 Å². The summed E-state index contributed by atoms with van der Waals surface area (Å²) < 4.78 is 5.63. The summed E-state index contributed by atoms with van der Waals surface area (Å²) >= 11 is 0. The number of ether oxygens (including phenoxy) is 1. The molecule has 94 valence electrons. The fourth-order valence-electron chi connectivity index (χ4n) is 2.04. The second-order valence-electron chi connectivity index (χ2n) is 5.36. The van der Waals surface area contributed by atoms with E-state index >= 15 is 0 Å². The molecule has 2 nitrogen and oxygen atoms in total. The lowest BCUT2D eigenvalue weighted by Crippen LogP contribution is -2.29. The average Bonchev–Trinajstić information content (AvgIpc) is 3.04. The molecule has 0 spiro atoms. The van der Waals surface area contributed by atoms with Crippen LogP contribution in [0.3, 0.4) is 0 Å². The maximum Gasteiger partial charge on any atom is 0.119 e. The first-order chi connectivity index (χ1) is 8.13. The Labute approximate surface area is 104 Å². The van der Waals surface area contributed by atoms with Crippen molar-refractivity contribution in [3.63, 3.8) is 0 Å². The lowest BCUT2D eigenvalue weighted by Gasteiger charge is -2.14. The van der Waals surface area contributed by atoms with Crippen molar-refractivity contribution in [1.29, 1.82) is 0 Å². The third-order valence-corrected chi connectivity index (χ3v) is 2.93. The monoisotopic (exact) mass is 233 g/mol. The highest BCUT2D eigenvalue weighted by Gasteiger charge is 2.22. The lowest BCUT2D eigenvalue weighted by molar-refractivity contribution is 0.242. The van der Waals surface area contributed by atoms with Gasteiger partial charge in [0.2, 0.25) is 0 Å². The number of hydrogen-bond acceptors (Lipinski definition) is 2. The van der Waals surface area contributed by atoms with E-state index in [4.69, 9.17) is 4.74 Å². The van der Waals surface area contributed by atoms with E-state index in [1.165, 1.54) is 18.4 Å². The first-order valence-electron chi connectivity index (χ1n) is 6.65. The second kappa shape index (κ2) is 5.54. The minimum atomic E-state index is 0.247. The number of hydrogen-bond donors (Lipinski definition) is 1. The maximum atomic E-state index is 5.63. The van der Waals surface area contributed by atoms with Crippen molar-refractivity contribution in [3.8, 4) is 5.75 Å². The van der Waals surface area contributed by atoms with Gasteiger partial charge in [0, 0.05) is 12.1 Å². The molecule has 2 heteroatoms. The highest BCUT2D eigenvalue weighted by Crippen LogP contribution is 2.20. The normalized spacial score (nSPS) is 17.2. The minimum Gasteiger partial charge on any atom is -0.491 e. The lowest BCUT2D eigenvalue weighted by atomic mass is 10.1. The van der Waals surface area contributed by atoms with Crippen LogP contribution in [0.15, 0.2) is 24.3 Å². The van der Waals surface area contributed by atoms with Crippen molar-refractivity contribution in [3.05, 3.63) is 29.8 Å². The molecule has 1 saturated carbocycles. The molecule has 1 aromatic carbocycles. The van der Waals surface area contributed by atoms with Crippen LogP contribution in [0.5, 0.6) is 5.75 Å². The molecule has 1 atom stereocenters. The van der Waals surface area contributed by atoms with Crippen molar-refractivity contribution in [2.75, 3.05) is 0 Å². The molecule has 1 fully saturated rings. The molecule has 1 unspecified atom stereocenters. The van der Waals surface area contributed by atoms with Gasteiger partial charge in [0.15, 0.2) is 0 Å². The van der Waals surface area contributed by atoms with Gasteiger partial charge in [-0.3, -0.25) is 0 Å². The molecule has 2 rings (SSSR count). The molecule has 0 bridgehead atoms. The van der Waals surface area contributed by atoms with Crippen molar-refractivity contribution in [1.82, 2.24) is 5.32 Å². The van der Waals surface area contributed by atoms with E-state index in [0.29, 0.717) is 6.04 Å².